The fraction of sp³-hybridized carbons (Fsp3) is 0.136. The van der Waals surface area contributed by atoms with Crippen LogP contribution in [0.5, 0.6) is 5.75 Å². The Morgan fingerprint density at radius 1 is 1.06 bits per heavy atom. The summed E-state index contributed by atoms with van der Waals surface area (Å²) >= 11 is 7.45. The van der Waals surface area contributed by atoms with Crippen molar-refractivity contribution >= 4 is 44.7 Å². The highest BCUT2D eigenvalue weighted by Gasteiger charge is 2.17. The topological polar surface area (TPSA) is 82.3 Å². The summed E-state index contributed by atoms with van der Waals surface area (Å²) in [6.45, 7) is -0.216. The van der Waals surface area contributed by atoms with Crippen LogP contribution in [0.4, 0.5) is 5.69 Å². The highest BCUT2D eigenvalue weighted by molar-refractivity contribution is 7.17. The molecular weight excluding hydrogens is 438 g/mol. The smallest absolute Gasteiger partial charge is 0.332 e. The number of ether oxygens (including phenoxy) is 1. The summed E-state index contributed by atoms with van der Waals surface area (Å²) in [5.74, 6) is 0.281. The molecule has 0 aliphatic heterocycles. The fourth-order valence-electron chi connectivity index (χ4n) is 3.24. The number of benzene rings is 2. The maximum Gasteiger partial charge on any atom is 0.332 e. The lowest BCUT2D eigenvalue weighted by Gasteiger charge is -2.13. The van der Waals surface area contributed by atoms with E-state index in [0.717, 1.165) is 4.57 Å². The van der Waals surface area contributed by atoms with E-state index in [2.05, 4.69) is 5.32 Å². The minimum absolute atomic E-state index is 0.0191. The van der Waals surface area contributed by atoms with Crippen LogP contribution in [0, 0.1) is 0 Å². The lowest BCUT2D eigenvalue weighted by molar-refractivity contribution is -0.116. The van der Waals surface area contributed by atoms with Crippen molar-refractivity contribution < 1.29 is 9.53 Å². The summed E-state index contributed by atoms with van der Waals surface area (Å²) in [5.41, 5.74) is 0.682. The third-order valence-corrected chi connectivity index (χ3v) is 6.06. The number of thiophene rings is 1. The largest absolute Gasteiger partial charge is 0.497 e. The first-order chi connectivity index (χ1) is 15.0. The van der Waals surface area contributed by atoms with Gasteiger partial charge >= 0.3 is 5.69 Å². The van der Waals surface area contributed by atoms with Crippen molar-refractivity contribution in [3.63, 3.8) is 0 Å². The highest BCUT2D eigenvalue weighted by atomic mass is 35.5. The van der Waals surface area contributed by atoms with Gasteiger partial charge in [-0.3, -0.25) is 18.7 Å². The van der Waals surface area contributed by atoms with Gasteiger partial charge in [0.25, 0.3) is 5.56 Å². The summed E-state index contributed by atoms with van der Waals surface area (Å²) in [6, 6.07) is 15.6. The number of carbonyl (C=O) groups is 1. The van der Waals surface area contributed by atoms with Crippen LogP contribution in [-0.2, 0) is 17.9 Å². The van der Waals surface area contributed by atoms with Crippen molar-refractivity contribution in [2.24, 2.45) is 0 Å². The minimum Gasteiger partial charge on any atom is -0.497 e. The van der Waals surface area contributed by atoms with Gasteiger partial charge in [0.1, 0.15) is 17.0 Å². The Morgan fingerprint density at radius 2 is 1.81 bits per heavy atom. The predicted molar refractivity (Wildman–Crippen MR) is 123 cm³/mol. The van der Waals surface area contributed by atoms with Crippen LogP contribution in [-0.4, -0.2) is 22.2 Å². The molecule has 0 atom stereocenters. The Morgan fingerprint density at radius 3 is 2.52 bits per heavy atom. The Balaban J connectivity index is 1.69. The molecule has 158 valence electrons. The molecule has 4 rings (SSSR count). The fourth-order valence-corrected chi connectivity index (χ4v) is 4.28. The Labute approximate surface area is 186 Å². The first-order valence-electron chi connectivity index (χ1n) is 9.36. The van der Waals surface area contributed by atoms with Gasteiger partial charge in [-0.05, 0) is 47.3 Å². The number of hydrogen-bond donors (Lipinski definition) is 1. The van der Waals surface area contributed by atoms with Gasteiger partial charge in [-0.1, -0.05) is 29.8 Å². The SMILES string of the molecule is COc1ccc(NC(=O)Cn2c(=O)n(Cc3ccccc3Cl)c(=O)c3sccc32)cc1. The van der Waals surface area contributed by atoms with Crippen LogP contribution in [0.1, 0.15) is 5.56 Å². The molecule has 0 fully saturated rings. The average Bonchev–Trinajstić information content (AvgIpc) is 3.26. The van der Waals surface area contributed by atoms with Gasteiger partial charge in [0.05, 0.1) is 19.2 Å². The number of amides is 1. The molecule has 4 aromatic rings. The van der Waals surface area contributed by atoms with Crippen molar-refractivity contribution in [1.29, 1.82) is 0 Å². The first kappa shape index (κ1) is 20.9. The second-order valence-electron chi connectivity index (χ2n) is 6.76. The zero-order chi connectivity index (χ0) is 22.0. The van der Waals surface area contributed by atoms with Crippen LogP contribution < -0.4 is 21.3 Å². The number of halogens is 1. The standard InChI is InChI=1S/C22H18ClN3O4S/c1-30-16-8-6-15(7-9-16)24-19(27)13-25-18-10-11-31-20(18)21(28)26(22(25)29)12-14-4-2-3-5-17(14)23/h2-11H,12-13H2,1H3,(H,24,27). The van der Waals surface area contributed by atoms with Gasteiger partial charge in [-0.15, -0.1) is 11.3 Å². The van der Waals surface area contributed by atoms with Gasteiger partial charge < -0.3 is 10.1 Å². The third kappa shape index (κ3) is 4.26. The molecule has 0 radical (unpaired) electrons. The van der Waals surface area contributed by atoms with Gasteiger partial charge in [0.2, 0.25) is 5.91 Å². The van der Waals surface area contributed by atoms with Crippen molar-refractivity contribution in [3.8, 4) is 5.75 Å². The van der Waals surface area contributed by atoms with E-state index >= 15 is 0 Å². The second-order valence-corrected chi connectivity index (χ2v) is 8.09. The molecule has 2 aromatic carbocycles. The van der Waals surface area contributed by atoms with Crippen molar-refractivity contribution in [3.05, 3.63) is 91.4 Å². The van der Waals surface area contributed by atoms with Crippen LogP contribution in [0.25, 0.3) is 10.2 Å². The lowest BCUT2D eigenvalue weighted by Crippen LogP contribution is -2.41. The summed E-state index contributed by atoms with van der Waals surface area (Å²) in [5, 5.41) is 4.95. The monoisotopic (exact) mass is 455 g/mol. The van der Waals surface area contributed by atoms with Gasteiger partial charge in [-0.25, -0.2) is 4.79 Å². The molecule has 0 spiro atoms. The summed E-state index contributed by atoms with van der Waals surface area (Å²) in [6.07, 6.45) is 0. The molecular formula is C22H18ClN3O4S. The van der Waals surface area contributed by atoms with Crippen molar-refractivity contribution in [2.45, 2.75) is 13.1 Å². The molecule has 0 saturated carbocycles. The first-order valence-corrected chi connectivity index (χ1v) is 10.6. The molecule has 7 nitrogen and oxygen atoms in total. The van der Waals surface area contributed by atoms with E-state index in [1.807, 2.05) is 0 Å². The minimum atomic E-state index is -0.569. The van der Waals surface area contributed by atoms with Gasteiger partial charge in [0, 0.05) is 10.7 Å². The summed E-state index contributed by atoms with van der Waals surface area (Å²) in [7, 11) is 1.56. The number of rotatable bonds is 6. The zero-order valence-corrected chi connectivity index (χ0v) is 18.1. The number of hydrogen-bond acceptors (Lipinski definition) is 5. The zero-order valence-electron chi connectivity index (χ0n) is 16.5. The lowest BCUT2D eigenvalue weighted by atomic mass is 10.2. The molecule has 0 saturated heterocycles. The van der Waals surface area contributed by atoms with E-state index in [-0.39, 0.29) is 19.0 Å². The van der Waals surface area contributed by atoms with Crippen LogP contribution in [0.3, 0.4) is 0 Å². The number of carbonyl (C=O) groups excluding carboxylic acids is 1. The van der Waals surface area contributed by atoms with Crippen LogP contribution in [0.2, 0.25) is 5.02 Å². The normalized spacial score (nSPS) is 10.9. The molecule has 0 aliphatic carbocycles. The Bertz CT molecular complexity index is 1370. The van der Waals surface area contributed by atoms with Gasteiger partial charge in [0.15, 0.2) is 0 Å². The van der Waals surface area contributed by atoms with E-state index in [4.69, 9.17) is 16.3 Å². The second kappa shape index (κ2) is 8.79. The van der Waals surface area contributed by atoms with Crippen molar-refractivity contribution in [2.75, 3.05) is 12.4 Å². The van der Waals surface area contributed by atoms with E-state index < -0.39 is 11.2 Å². The Kier molecular flexibility index (Phi) is 5.92. The molecule has 1 amide bonds. The predicted octanol–water partition coefficient (Wildman–Crippen LogP) is 3.57. The molecule has 31 heavy (non-hydrogen) atoms. The Hall–Kier alpha value is -3.36. The number of nitrogens with one attached hydrogen (secondary N) is 1. The molecule has 1 N–H and O–H groups in total. The number of anilines is 1. The van der Waals surface area contributed by atoms with Crippen LogP contribution >= 0.6 is 22.9 Å². The number of fused-ring (bicyclic) bond motifs is 1. The summed E-state index contributed by atoms with van der Waals surface area (Å²) < 4.78 is 7.93. The maximum atomic E-state index is 13.2. The molecule has 0 aliphatic rings. The number of aromatic nitrogens is 2. The average molecular weight is 456 g/mol. The van der Waals surface area contributed by atoms with E-state index in [1.54, 1.807) is 67.1 Å². The number of nitrogens with zero attached hydrogens (tertiary/aromatic N) is 2. The summed E-state index contributed by atoms with van der Waals surface area (Å²) in [4.78, 5) is 38.8. The number of methoxy groups -OCH3 is 1. The quantitative estimate of drug-likeness (QED) is 0.482. The van der Waals surface area contributed by atoms with Crippen molar-refractivity contribution in [1.82, 2.24) is 9.13 Å². The molecule has 0 unspecified atom stereocenters. The molecule has 2 heterocycles. The molecule has 0 bridgehead atoms. The maximum absolute atomic E-state index is 13.2. The van der Waals surface area contributed by atoms with E-state index in [1.165, 1.54) is 15.9 Å². The highest BCUT2D eigenvalue weighted by Crippen LogP contribution is 2.19. The molecule has 2 aromatic heterocycles. The third-order valence-electron chi connectivity index (χ3n) is 4.80. The van der Waals surface area contributed by atoms with E-state index in [0.29, 0.717) is 32.2 Å². The van der Waals surface area contributed by atoms with Gasteiger partial charge in [-0.2, -0.15) is 0 Å². The van der Waals surface area contributed by atoms with E-state index in [9.17, 15) is 14.4 Å². The molecule has 9 heteroatoms. The van der Waals surface area contributed by atoms with Crippen LogP contribution in [0.15, 0.2) is 69.6 Å².